The summed E-state index contributed by atoms with van der Waals surface area (Å²) in [4.78, 5) is 5.60. The summed E-state index contributed by atoms with van der Waals surface area (Å²) in [6.45, 7) is 2.78. The van der Waals surface area contributed by atoms with Crippen molar-refractivity contribution in [3.8, 4) is 5.75 Å². The molecule has 1 aliphatic carbocycles. The van der Waals surface area contributed by atoms with Gasteiger partial charge in [0.1, 0.15) is 5.75 Å². The van der Waals surface area contributed by atoms with Gasteiger partial charge in [0.2, 0.25) is 0 Å². The van der Waals surface area contributed by atoms with E-state index in [9.17, 15) is 0 Å². The van der Waals surface area contributed by atoms with Crippen LogP contribution < -0.4 is 10.1 Å². The Morgan fingerprint density at radius 3 is 3.10 bits per heavy atom. The minimum Gasteiger partial charge on any atom is -0.493 e. The predicted octanol–water partition coefficient (Wildman–Crippen LogP) is 3.67. The summed E-state index contributed by atoms with van der Waals surface area (Å²) in [5.41, 5.74) is 5.91. The highest BCUT2D eigenvalue weighted by molar-refractivity contribution is 7.09. The average molecular weight is 302 g/mol. The van der Waals surface area contributed by atoms with E-state index < -0.39 is 0 Å². The number of thiazole rings is 1. The molecule has 3 rings (SSSR count). The van der Waals surface area contributed by atoms with E-state index in [0.29, 0.717) is 6.04 Å². The van der Waals surface area contributed by atoms with Gasteiger partial charge in [-0.1, -0.05) is 6.07 Å². The molecule has 0 saturated carbocycles. The van der Waals surface area contributed by atoms with Crippen molar-refractivity contribution in [1.82, 2.24) is 10.3 Å². The van der Waals surface area contributed by atoms with Crippen molar-refractivity contribution in [3.63, 3.8) is 0 Å². The van der Waals surface area contributed by atoms with E-state index >= 15 is 0 Å². The second-order valence-electron chi connectivity index (χ2n) is 5.55. The van der Waals surface area contributed by atoms with Gasteiger partial charge in [0.15, 0.2) is 0 Å². The maximum atomic E-state index is 5.93. The lowest BCUT2D eigenvalue weighted by Gasteiger charge is -2.25. The van der Waals surface area contributed by atoms with Gasteiger partial charge in [0.25, 0.3) is 0 Å². The Kier molecular flexibility index (Phi) is 4.56. The summed E-state index contributed by atoms with van der Waals surface area (Å²) >= 11 is 1.71. The van der Waals surface area contributed by atoms with Crippen molar-refractivity contribution in [2.24, 2.45) is 0 Å². The number of nitrogens with one attached hydrogen (secondary N) is 1. The molecular weight excluding hydrogens is 280 g/mol. The molecule has 0 amide bonds. The average Bonchev–Trinajstić information content (AvgIpc) is 2.92. The molecular formula is C17H22N2OS. The van der Waals surface area contributed by atoms with Gasteiger partial charge < -0.3 is 10.1 Å². The fourth-order valence-corrected chi connectivity index (χ4v) is 3.77. The number of rotatable bonds is 5. The van der Waals surface area contributed by atoms with Gasteiger partial charge in [-0.15, -0.1) is 11.3 Å². The van der Waals surface area contributed by atoms with E-state index in [4.69, 9.17) is 4.74 Å². The third-order valence-electron chi connectivity index (χ3n) is 4.22. The summed E-state index contributed by atoms with van der Waals surface area (Å²) in [7, 11) is 2.04. The molecule has 1 heterocycles. The molecule has 0 fully saturated rings. The fourth-order valence-electron chi connectivity index (χ4n) is 3.01. The lowest BCUT2D eigenvalue weighted by Crippen LogP contribution is -2.21. The summed E-state index contributed by atoms with van der Waals surface area (Å²) in [6, 6.07) is 7.05. The molecule has 112 valence electrons. The molecule has 4 heteroatoms. The van der Waals surface area contributed by atoms with Gasteiger partial charge in [-0.2, -0.15) is 0 Å². The summed E-state index contributed by atoms with van der Waals surface area (Å²) < 4.78 is 5.93. The van der Waals surface area contributed by atoms with E-state index in [1.807, 2.05) is 12.6 Å². The summed E-state index contributed by atoms with van der Waals surface area (Å²) in [5.74, 6) is 0.993. The first-order valence-corrected chi connectivity index (χ1v) is 8.47. The second-order valence-corrected chi connectivity index (χ2v) is 6.49. The number of hydrogen-bond acceptors (Lipinski definition) is 4. The van der Waals surface area contributed by atoms with Crippen molar-refractivity contribution in [2.75, 3.05) is 13.7 Å². The van der Waals surface area contributed by atoms with Crippen LogP contribution in [0.4, 0.5) is 0 Å². The lowest BCUT2D eigenvalue weighted by molar-refractivity contribution is 0.321. The number of benzene rings is 1. The first kappa shape index (κ1) is 14.5. The highest BCUT2D eigenvalue weighted by Gasteiger charge is 2.18. The summed E-state index contributed by atoms with van der Waals surface area (Å²) in [6.07, 6.45) is 4.59. The molecule has 1 unspecified atom stereocenters. The zero-order valence-corrected chi connectivity index (χ0v) is 13.5. The van der Waals surface area contributed by atoms with Crippen LogP contribution in [0.1, 0.15) is 40.6 Å². The van der Waals surface area contributed by atoms with E-state index in [1.165, 1.54) is 35.3 Å². The third kappa shape index (κ3) is 3.27. The van der Waals surface area contributed by atoms with Crippen molar-refractivity contribution < 1.29 is 4.74 Å². The van der Waals surface area contributed by atoms with Crippen LogP contribution in [0.2, 0.25) is 0 Å². The molecule has 2 aromatic rings. The summed E-state index contributed by atoms with van der Waals surface area (Å²) in [5, 5.41) is 3.40. The van der Waals surface area contributed by atoms with Crippen LogP contribution in [0.15, 0.2) is 23.7 Å². The zero-order valence-electron chi connectivity index (χ0n) is 12.7. The first-order chi connectivity index (χ1) is 10.3. The van der Waals surface area contributed by atoms with Crippen LogP contribution in [0.5, 0.6) is 5.75 Å². The van der Waals surface area contributed by atoms with Gasteiger partial charge in [0.05, 0.1) is 17.8 Å². The number of aryl methyl sites for hydroxylation is 2. The predicted molar refractivity (Wildman–Crippen MR) is 87.2 cm³/mol. The molecule has 0 radical (unpaired) electrons. The minimum absolute atomic E-state index is 0.502. The lowest BCUT2D eigenvalue weighted by atomic mass is 9.87. The smallest absolute Gasteiger partial charge is 0.119 e. The monoisotopic (exact) mass is 302 g/mol. The van der Waals surface area contributed by atoms with Crippen LogP contribution >= 0.6 is 11.3 Å². The quantitative estimate of drug-likeness (QED) is 0.915. The van der Waals surface area contributed by atoms with Gasteiger partial charge in [-0.25, -0.2) is 4.98 Å². The largest absolute Gasteiger partial charge is 0.493 e. The standard InChI is InChI=1S/C17H22N2OS/c1-12-17(21-11-19-12)8-9-20-14-6-7-15-13(10-14)4-3-5-16(15)18-2/h6-7,10-11,16,18H,3-5,8-9H2,1-2H3. The van der Waals surface area contributed by atoms with Gasteiger partial charge in [-0.3, -0.25) is 0 Å². The van der Waals surface area contributed by atoms with Crippen LogP contribution in [-0.2, 0) is 12.8 Å². The highest BCUT2D eigenvalue weighted by atomic mass is 32.1. The molecule has 1 aromatic carbocycles. The Morgan fingerprint density at radius 2 is 2.33 bits per heavy atom. The van der Waals surface area contributed by atoms with E-state index in [1.54, 1.807) is 11.3 Å². The maximum absolute atomic E-state index is 5.93. The van der Waals surface area contributed by atoms with Crippen molar-refractivity contribution in [3.05, 3.63) is 45.4 Å². The highest BCUT2D eigenvalue weighted by Crippen LogP contribution is 2.31. The number of nitrogens with zero attached hydrogens (tertiary/aromatic N) is 1. The van der Waals surface area contributed by atoms with Crippen LogP contribution in [0.3, 0.4) is 0 Å². The molecule has 0 bridgehead atoms. The van der Waals surface area contributed by atoms with Crippen molar-refractivity contribution in [1.29, 1.82) is 0 Å². The molecule has 0 spiro atoms. The normalized spacial score (nSPS) is 17.5. The first-order valence-electron chi connectivity index (χ1n) is 7.60. The SMILES string of the molecule is CNC1CCCc2cc(OCCc3scnc3C)ccc21. The number of aromatic nitrogens is 1. The molecule has 0 aliphatic heterocycles. The Hall–Kier alpha value is -1.39. The van der Waals surface area contributed by atoms with Crippen LogP contribution in [-0.4, -0.2) is 18.6 Å². The Morgan fingerprint density at radius 1 is 1.43 bits per heavy atom. The van der Waals surface area contributed by atoms with E-state index in [-0.39, 0.29) is 0 Å². The van der Waals surface area contributed by atoms with E-state index in [2.05, 4.69) is 35.4 Å². The Bertz CT molecular complexity index is 609. The van der Waals surface area contributed by atoms with Crippen LogP contribution in [0, 0.1) is 6.92 Å². The number of hydrogen-bond donors (Lipinski definition) is 1. The van der Waals surface area contributed by atoms with Gasteiger partial charge in [-0.05, 0) is 56.5 Å². The molecule has 21 heavy (non-hydrogen) atoms. The fraction of sp³-hybridized carbons (Fsp3) is 0.471. The zero-order chi connectivity index (χ0) is 14.7. The van der Waals surface area contributed by atoms with Crippen molar-refractivity contribution in [2.45, 2.75) is 38.6 Å². The van der Waals surface area contributed by atoms with Crippen molar-refractivity contribution >= 4 is 11.3 Å². The second kappa shape index (κ2) is 6.58. The molecule has 0 saturated heterocycles. The van der Waals surface area contributed by atoms with E-state index in [0.717, 1.165) is 24.5 Å². The molecule has 1 aliphatic rings. The minimum atomic E-state index is 0.502. The van der Waals surface area contributed by atoms with Gasteiger partial charge >= 0.3 is 0 Å². The Balaban J connectivity index is 1.63. The Labute approximate surface area is 130 Å². The number of fused-ring (bicyclic) bond motifs is 1. The van der Waals surface area contributed by atoms with Gasteiger partial charge in [0, 0.05) is 17.3 Å². The van der Waals surface area contributed by atoms with Crippen LogP contribution in [0.25, 0.3) is 0 Å². The third-order valence-corrected chi connectivity index (χ3v) is 5.21. The molecule has 1 aromatic heterocycles. The maximum Gasteiger partial charge on any atom is 0.119 e. The molecule has 1 atom stereocenters. The number of ether oxygens (including phenoxy) is 1. The molecule has 1 N–H and O–H groups in total. The topological polar surface area (TPSA) is 34.1 Å². The molecule has 3 nitrogen and oxygen atoms in total.